The van der Waals surface area contributed by atoms with Crippen LogP contribution >= 0.6 is 0 Å². The van der Waals surface area contributed by atoms with Crippen LogP contribution < -0.4 is 10.1 Å². The Hall–Kier alpha value is -2.56. The number of rotatable bonds is 5. The van der Waals surface area contributed by atoms with Crippen molar-refractivity contribution >= 4 is 5.96 Å². The van der Waals surface area contributed by atoms with Crippen molar-refractivity contribution in [2.75, 3.05) is 21.2 Å². The highest BCUT2D eigenvalue weighted by Gasteiger charge is 2.09. The second-order valence-corrected chi connectivity index (χ2v) is 5.36. The number of aliphatic imine (C=N–C) groups is 1. The number of aromatic nitrogens is 1. The first-order valence-corrected chi connectivity index (χ1v) is 7.60. The predicted octanol–water partition coefficient (Wildman–Crippen LogP) is 2.61. The molecular weight excluding hydrogens is 288 g/mol. The number of aryl methyl sites for hydroxylation is 1. The lowest BCUT2D eigenvalue weighted by Crippen LogP contribution is -2.38. The first-order chi connectivity index (χ1) is 11.2. The Balaban J connectivity index is 2.01. The van der Waals surface area contributed by atoms with Gasteiger partial charge in [-0.3, -0.25) is 4.99 Å². The van der Waals surface area contributed by atoms with Gasteiger partial charge in [0.2, 0.25) is 5.88 Å². The summed E-state index contributed by atoms with van der Waals surface area (Å²) in [7, 11) is 5.45. The van der Waals surface area contributed by atoms with E-state index in [1.165, 1.54) is 11.1 Å². The summed E-state index contributed by atoms with van der Waals surface area (Å²) in [5, 5.41) is 3.36. The molecule has 0 amide bonds. The number of ether oxygens (including phenoxy) is 1. The summed E-state index contributed by atoms with van der Waals surface area (Å²) in [6, 6.07) is 12.3. The maximum Gasteiger partial charge on any atom is 0.218 e. The SMILES string of the molecule is CN=C(NCc1cccnc1OC)N(C)Cc1ccccc1C. The molecule has 1 heterocycles. The molecule has 0 aliphatic rings. The first kappa shape index (κ1) is 16.8. The number of methoxy groups -OCH3 is 1. The van der Waals surface area contributed by atoms with Gasteiger partial charge in [-0.15, -0.1) is 0 Å². The molecule has 0 saturated carbocycles. The highest BCUT2D eigenvalue weighted by atomic mass is 16.5. The van der Waals surface area contributed by atoms with Crippen molar-refractivity contribution in [1.82, 2.24) is 15.2 Å². The van der Waals surface area contributed by atoms with Crippen LogP contribution in [0.3, 0.4) is 0 Å². The van der Waals surface area contributed by atoms with Gasteiger partial charge in [0.15, 0.2) is 5.96 Å². The van der Waals surface area contributed by atoms with E-state index in [2.05, 4.69) is 51.4 Å². The lowest BCUT2D eigenvalue weighted by atomic mass is 10.1. The topological polar surface area (TPSA) is 49.8 Å². The summed E-state index contributed by atoms with van der Waals surface area (Å²) in [5.41, 5.74) is 3.57. The number of nitrogens with one attached hydrogen (secondary N) is 1. The Morgan fingerprint density at radius 2 is 1.96 bits per heavy atom. The number of guanidine groups is 1. The van der Waals surface area contributed by atoms with Crippen molar-refractivity contribution < 1.29 is 4.74 Å². The average Bonchev–Trinajstić information content (AvgIpc) is 2.58. The summed E-state index contributed by atoms with van der Waals surface area (Å²) in [5.74, 6) is 1.47. The molecule has 0 bridgehead atoms. The van der Waals surface area contributed by atoms with Crippen LogP contribution in [-0.2, 0) is 13.1 Å². The lowest BCUT2D eigenvalue weighted by Gasteiger charge is -2.23. The van der Waals surface area contributed by atoms with E-state index in [4.69, 9.17) is 4.74 Å². The third kappa shape index (κ3) is 4.45. The Bertz CT molecular complexity index is 670. The highest BCUT2D eigenvalue weighted by molar-refractivity contribution is 5.79. The molecule has 2 rings (SSSR count). The van der Waals surface area contributed by atoms with Gasteiger partial charge in [-0.25, -0.2) is 4.98 Å². The quantitative estimate of drug-likeness (QED) is 0.681. The second-order valence-electron chi connectivity index (χ2n) is 5.36. The molecule has 1 N–H and O–H groups in total. The molecule has 0 saturated heterocycles. The molecule has 0 atom stereocenters. The fraction of sp³-hybridized carbons (Fsp3) is 0.333. The van der Waals surface area contributed by atoms with Crippen molar-refractivity contribution in [1.29, 1.82) is 0 Å². The molecule has 0 spiro atoms. The van der Waals surface area contributed by atoms with Crippen molar-refractivity contribution in [3.8, 4) is 5.88 Å². The molecule has 23 heavy (non-hydrogen) atoms. The number of benzene rings is 1. The van der Waals surface area contributed by atoms with Crippen LogP contribution in [-0.4, -0.2) is 37.0 Å². The molecule has 122 valence electrons. The summed E-state index contributed by atoms with van der Waals surface area (Å²) >= 11 is 0. The van der Waals surface area contributed by atoms with Crippen LogP contribution in [0.4, 0.5) is 0 Å². The summed E-state index contributed by atoms with van der Waals surface area (Å²) in [4.78, 5) is 10.7. The summed E-state index contributed by atoms with van der Waals surface area (Å²) in [6.45, 7) is 3.54. The monoisotopic (exact) mass is 312 g/mol. The minimum atomic E-state index is 0.613. The predicted molar refractivity (Wildman–Crippen MR) is 93.6 cm³/mol. The van der Waals surface area contributed by atoms with Gasteiger partial charge in [-0.05, 0) is 24.1 Å². The van der Waals surface area contributed by atoms with Crippen LogP contribution in [0.15, 0.2) is 47.6 Å². The van der Waals surface area contributed by atoms with Crippen molar-refractivity contribution in [3.05, 3.63) is 59.3 Å². The molecule has 5 nitrogen and oxygen atoms in total. The van der Waals surface area contributed by atoms with Crippen LogP contribution in [0.1, 0.15) is 16.7 Å². The zero-order valence-corrected chi connectivity index (χ0v) is 14.2. The average molecular weight is 312 g/mol. The molecule has 2 aromatic rings. The van der Waals surface area contributed by atoms with Gasteiger partial charge in [-0.1, -0.05) is 30.3 Å². The fourth-order valence-electron chi connectivity index (χ4n) is 2.42. The van der Waals surface area contributed by atoms with E-state index in [-0.39, 0.29) is 0 Å². The smallest absolute Gasteiger partial charge is 0.218 e. The number of nitrogens with zero attached hydrogens (tertiary/aromatic N) is 3. The van der Waals surface area contributed by atoms with Gasteiger partial charge in [0.1, 0.15) is 0 Å². The normalized spacial score (nSPS) is 11.2. The van der Waals surface area contributed by atoms with Gasteiger partial charge in [0.25, 0.3) is 0 Å². The maximum atomic E-state index is 5.28. The van der Waals surface area contributed by atoms with E-state index in [0.29, 0.717) is 12.4 Å². The standard InChI is InChI=1S/C18H24N4O/c1-14-8-5-6-9-16(14)13-22(3)18(19-2)21-12-15-10-7-11-20-17(15)23-4/h5-11H,12-13H2,1-4H3,(H,19,21). The van der Waals surface area contributed by atoms with Crippen LogP contribution in [0.25, 0.3) is 0 Å². The van der Waals surface area contributed by atoms with Crippen LogP contribution in [0, 0.1) is 6.92 Å². The minimum absolute atomic E-state index is 0.613. The largest absolute Gasteiger partial charge is 0.481 e. The van der Waals surface area contributed by atoms with E-state index >= 15 is 0 Å². The van der Waals surface area contributed by atoms with Gasteiger partial charge in [-0.2, -0.15) is 0 Å². The summed E-state index contributed by atoms with van der Waals surface area (Å²) < 4.78 is 5.28. The van der Waals surface area contributed by atoms with Gasteiger partial charge >= 0.3 is 0 Å². The van der Waals surface area contributed by atoms with Gasteiger partial charge in [0, 0.05) is 38.9 Å². The van der Waals surface area contributed by atoms with E-state index in [0.717, 1.165) is 18.1 Å². The molecule has 1 aromatic carbocycles. The number of hydrogen-bond donors (Lipinski definition) is 1. The zero-order valence-electron chi connectivity index (χ0n) is 14.2. The van der Waals surface area contributed by atoms with Crippen molar-refractivity contribution in [3.63, 3.8) is 0 Å². The third-order valence-electron chi connectivity index (χ3n) is 3.72. The Morgan fingerprint density at radius 1 is 1.22 bits per heavy atom. The maximum absolute atomic E-state index is 5.28. The molecule has 0 radical (unpaired) electrons. The second kappa shape index (κ2) is 8.17. The fourth-order valence-corrected chi connectivity index (χ4v) is 2.42. The number of hydrogen-bond acceptors (Lipinski definition) is 3. The van der Waals surface area contributed by atoms with Crippen LogP contribution in [0.2, 0.25) is 0 Å². The molecule has 1 aromatic heterocycles. The van der Waals surface area contributed by atoms with E-state index in [9.17, 15) is 0 Å². The molecule has 0 aliphatic heterocycles. The van der Waals surface area contributed by atoms with Gasteiger partial charge in [0.05, 0.1) is 7.11 Å². The first-order valence-electron chi connectivity index (χ1n) is 7.60. The van der Waals surface area contributed by atoms with Crippen molar-refractivity contribution in [2.24, 2.45) is 4.99 Å². The molecular formula is C18H24N4O. The highest BCUT2D eigenvalue weighted by Crippen LogP contribution is 2.13. The van der Waals surface area contributed by atoms with E-state index in [1.807, 2.05) is 19.2 Å². The molecule has 5 heteroatoms. The Labute approximate surface area is 138 Å². The minimum Gasteiger partial charge on any atom is -0.481 e. The van der Waals surface area contributed by atoms with E-state index < -0.39 is 0 Å². The molecule has 0 aliphatic carbocycles. The van der Waals surface area contributed by atoms with Crippen molar-refractivity contribution in [2.45, 2.75) is 20.0 Å². The van der Waals surface area contributed by atoms with E-state index in [1.54, 1.807) is 20.4 Å². The number of pyridine rings is 1. The Kier molecular flexibility index (Phi) is 5.97. The molecule has 0 fully saturated rings. The third-order valence-corrected chi connectivity index (χ3v) is 3.72. The van der Waals surface area contributed by atoms with Gasteiger partial charge < -0.3 is 15.0 Å². The summed E-state index contributed by atoms with van der Waals surface area (Å²) in [6.07, 6.45) is 1.72. The van der Waals surface area contributed by atoms with Crippen LogP contribution in [0.5, 0.6) is 5.88 Å². The molecule has 0 unspecified atom stereocenters. The Morgan fingerprint density at radius 3 is 2.65 bits per heavy atom. The zero-order chi connectivity index (χ0) is 16.7. The lowest BCUT2D eigenvalue weighted by molar-refractivity contribution is 0.391.